The minimum absolute atomic E-state index is 0.578. The fourth-order valence-corrected chi connectivity index (χ4v) is 1.16. The van der Waals surface area contributed by atoms with Gasteiger partial charge >= 0.3 is 0 Å². The van der Waals surface area contributed by atoms with Crippen LogP contribution in [-0.2, 0) is 4.79 Å². The summed E-state index contributed by atoms with van der Waals surface area (Å²) in [5, 5.41) is 0. The lowest BCUT2D eigenvalue weighted by molar-refractivity contribution is -0.111. The molecule has 0 aromatic heterocycles. The molecule has 1 rings (SSSR count). The highest BCUT2D eigenvalue weighted by atomic mass is 79.9. The van der Waals surface area contributed by atoms with Gasteiger partial charge in [0.25, 0.3) is 0 Å². The topological polar surface area (TPSA) is 17.1 Å². The van der Waals surface area contributed by atoms with Crippen molar-refractivity contribution in [3.63, 3.8) is 0 Å². The van der Waals surface area contributed by atoms with Crippen LogP contribution < -0.4 is 0 Å². The van der Waals surface area contributed by atoms with Crippen LogP contribution in [0.5, 0.6) is 0 Å². The Morgan fingerprint density at radius 1 is 1.60 bits per heavy atom. The van der Waals surface area contributed by atoms with E-state index in [0.29, 0.717) is 6.29 Å². The summed E-state index contributed by atoms with van der Waals surface area (Å²) in [5.74, 6) is -0.697. The maximum atomic E-state index is 13.1. The molecule has 0 aromatic rings. The molecular weight excluding hydrogens is 199 g/mol. The fourth-order valence-electron chi connectivity index (χ4n) is 0.743. The molecule has 0 bridgehead atoms. The Morgan fingerprint density at radius 3 is 2.70 bits per heavy atom. The molecule has 0 N–H and O–H groups in total. The van der Waals surface area contributed by atoms with Crippen molar-refractivity contribution in [3.8, 4) is 0 Å². The second-order valence-electron chi connectivity index (χ2n) is 2.08. The molecule has 0 saturated heterocycles. The maximum Gasteiger partial charge on any atom is 0.196 e. The zero-order valence-electron chi connectivity index (χ0n) is 5.13. The summed E-state index contributed by atoms with van der Waals surface area (Å²) in [6.45, 7) is 0. The first-order valence-electron chi connectivity index (χ1n) is 2.86. The minimum Gasteiger partial charge on any atom is -0.303 e. The van der Waals surface area contributed by atoms with Gasteiger partial charge < -0.3 is 4.79 Å². The molecule has 0 radical (unpaired) electrons. The Balaban J connectivity index is 2.84. The van der Waals surface area contributed by atoms with Gasteiger partial charge in [-0.1, -0.05) is 18.2 Å². The van der Waals surface area contributed by atoms with Gasteiger partial charge in [0.1, 0.15) is 6.29 Å². The van der Waals surface area contributed by atoms with Gasteiger partial charge in [0.15, 0.2) is 4.58 Å². The molecule has 2 atom stereocenters. The number of carbonyl (C=O) groups is 1. The monoisotopic (exact) mass is 204 g/mol. The molecule has 0 aliphatic heterocycles. The number of hydrogen-bond donors (Lipinski definition) is 0. The van der Waals surface area contributed by atoms with Crippen molar-refractivity contribution in [1.82, 2.24) is 0 Å². The van der Waals surface area contributed by atoms with Gasteiger partial charge in [-0.25, -0.2) is 4.39 Å². The molecule has 54 valence electrons. The first kappa shape index (κ1) is 7.66. The van der Waals surface area contributed by atoms with Crippen LogP contribution in [0.1, 0.15) is 0 Å². The molecule has 1 aliphatic carbocycles. The quantitative estimate of drug-likeness (QED) is 0.472. The van der Waals surface area contributed by atoms with Gasteiger partial charge in [0.05, 0.1) is 5.92 Å². The van der Waals surface area contributed by atoms with Crippen LogP contribution in [0.25, 0.3) is 0 Å². The van der Waals surface area contributed by atoms with Crippen LogP contribution in [0.2, 0.25) is 0 Å². The number of rotatable bonds is 1. The summed E-state index contributed by atoms with van der Waals surface area (Å²) in [6, 6.07) is 0. The highest BCUT2D eigenvalue weighted by Crippen LogP contribution is 2.33. The molecule has 0 spiro atoms. The molecule has 2 unspecified atom stereocenters. The van der Waals surface area contributed by atoms with Crippen LogP contribution in [0.15, 0.2) is 24.3 Å². The van der Waals surface area contributed by atoms with Crippen molar-refractivity contribution in [2.24, 2.45) is 5.92 Å². The molecule has 10 heavy (non-hydrogen) atoms. The van der Waals surface area contributed by atoms with Crippen molar-refractivity contribution >= 4 is 22.2 Å². The standard InChI is InChI=1S/C7H6BrFO/c8-7(9)4-2-1-3-6(7)5-10/h1-6H. The molecule has 0 saturated carbocycles. The molecule has 1 aliphatic rings. The van der Waals surface area contributed by atoms with Crippen LogP contribution in [0.3, 0.4) is 0 Å². The highest BCUT2D eigenvalue weighted by molar-refractivity contribution is 9.10. The normalized spacial score (nSPS) is 38.0. The lowest BCUT2D eigenvalue weighted by Gasteiger charge is -2.19. The van der Waals surface area contributed by atoms with Crippen LogP contribution >= 0.6 is 15.9 Å². The Bertz CT molecular complexity index is 196. The first-order chi connectivity index (χ1) is 4.67. The summed E-state index contributed by atoms with van der Waals surface area (Å²) in [4.78, 5) is 10.2. The molecule has 0 aromatic carbocycles. The van der Waals surface area contributed by atoms with E-state index in [0.717, 1.165) is 0 Å². The average Bonchev–Trinajstić information content (AvgIpc) is 1.87. The summed E-state index contributed by atoms with van der Waals surface area (Å²) in [7, 11) is 0. The molecule has 0 amide bonds. The second-order valence-corrected chi connectivity index (χ2v) is 3.30. The average molecular weight is 205 g/mol. The second kappa shape index (κ2) is 2.66. The number of carbonyl (C=O) groups excluding carboxylic acids is 1. The number of hydrogen-bond acceptors (Lipinski definition) is 1. The number of aldehydes is 1. The largest absolute Gasteiger partial charge is 0.303 e. The Kier molecular flexibility index (Phi) is 2.04. The molecule has 0 heterocycles. The van der Waals surface area contributed by atoms with E-state index >= 15 is 0 Å². The van der Waals surface area contributed by atoms with Crippen LogP contribution in [-0.4, -0.2) is 10.9 Å². The highest BCUT2D eigenvalue weighted by Gasteiger charge is 2.32. The van der Waals surface area contributed by atoms with E-state index in [-0.39, 0.29) is 0 Å². The lowest BCUT2D eigenvalue weighted by atomic mass is 10.0. The predicted molar refractivity (Wildman–Crippen MR) is 40.6 cm³/mol. The SMILES string of the molecule is O=CC1C=CC=CC1(F)Br. The van der Waals surface area contributed by atoms with E-state index in [4.69, 9.17) is 0 Å². The summed E-state index contributed by atoms with van der Waals surface area (Å²) < 4.78 is 11.4. The van der Waals surface area contributed by atoms with Gasteiger partial charge in [0.2, 0.25) is 0 Å². The zero-order chi connectivity index (χ0) is 7.61. The smallest absolute Gasteiger partial charge is 0.196 e. The Morgan fingerprint density at radius 2 is 2.30 bits per heavy atom. The van der Waals surface area contributed by atoms with Crippen molar-refractivity contribution in [2.75, 3.05) is 0 Å². The van der Waals surface area contributed by atoms with Gasteiger partial charge in [0, 0.05) is 0 Å². The summed E-state index contributed by atoms with van der Waals surface area (Å²) in [6.07, 6.45) is 6.62. The third-order valence-electron chi connectivity index (χ3n) is 1.34. The number of allylic oxidation sites excluding steroid dienone is 4. The van der Waals surface area contributed by atoms with Crippen LogP contribution in [0, 0.1) is 5.92 Å². The van der Waals surface area contributed by atoms with E-state index in [1.54, 1.807) is 12.2 Å². The van der Waals surface area contributed by atoms with Gasteiger partial charge in [-0.2, -0.15) is 0 Å². The number of alkyl halides is 2. The van der Waals surface area contributed by atoms with Crippen molar-refractivity contribution in [1.29, 1.82) is 0 Å². The Hall–Kier alpha value is -0.440. The van der Waals surface area contributed by atoms with Gasteiger partial charge in [-0.3, -0.25) is 0 Å². The van der Waals surface area contributed by atoms with E-state index in [2.05, 4.69) is 15.9 Å². The van der Waals surface area contributed by atoms with E-state index in [1.165, 1.54) is 12.2 Å². The van der Waals surface area contributed by atoms with E-state index < -0.39 is 10.5 Å². The Labute approximate surface area is 66.7 Å². The summed E-state index contributed by atoms with van der Waals surface area (Å²) >= 11 is 2.78. The molecular formula is C7H6BrFO. The summed E-state index contributed by atoms with van der Waals surface area (Å²) in [5.41, 5.74) is 0. The van der Waals surface area contributed by atoms with Crippen molar-refractivity contribution in [3.05, 3.63) is 24.3 Å². The molecule has 3 heteroatoms. The zero-order valence-corrected chi connectivity index (χ0v) is 6.71. The van der Waals surface area contributed by atoms with Crippen LogP contribution in [0.4, 0.5) is 4.39 Å². The molecule has 0 fully saturated rings. The predicted octanol–water partition coefficient (Wildman–Crippen LogP) is 1.99. The van der Waals surface area contributed by atoms with Crippen molar-refractivity contribution in [2.45, 2.75) is 4.58 Å². The maximum absolute atomic E-state index is 13.1. The lowest BCUT2D eigenvalue weighted by Crippen LogP contribution is -2.24. The minimum atomic E-state index is -1.68. The number of halogens is 2. The first-order valence-corrected chi connectivity index (χ1v) is 3.65. The van der Waals surface area contributed by atoms with Gasteiger partial charge in [-0.05, 0) is 22.0 Å². The van der Waals surface area contributed by atoms with E-state index in [1.807, 2.05) is 0 Å². The fraction of sp³-hybridized carbons (Fsp3) is 0.286. The van der Waals surface area contributed by atoms with Gasteiger partial charge in [-0.15, -0.1) is 0 Å². The third-order valence-corrected chi connectivity index (χ3v) is 2.13. The van der Waals surface area contributed by atoms with E-state index in [9.17, 15) is 9.18 Å². The van der Waals surface area contributed by atoms with Crippen molar-refractivity contribution < 1.29 is 9.18 Å². The third kappa shape index (κ3) is 1.34. The molecule has 1 nitrogen and oxygen atoms in total.